The lowest BCUT2D eigenvalue weighted by atomic mass is 9.78. The summed E-state index contributed by atoms with van der Waals surface area (Å²) in [5.41, 5.74) is 6.32. The fourth-order valence-corrected chi connectivity index (χ4v) is 2.20. The first kappa shape index (κ1) is 14.2. The van der Waals surface area contributed by atoms with Crippen molar-refractivity contribution in [1.29, 1.82) is 0 Å². The van der Waals surface area contributed by atoms with E-state index in [1.807, 2.05) is 32.0 Å². The molecule has 2 atom stereocenters. The second-order valence-electron chi connectivity index (χ2n) is 5.37. The Morgan fingerprint density at radius 3 is 2.63 bits per heavy atom. The molecule has 0 radical (unpaired) electrons. The molecule has 0 saturated heterocycles. The number of ether oxygens (including phenoxy) is 2. The van der Waals surface area contributed by atoms with Gasteiger partial charge in [0.25, 0.3) is 0 Å². The fourth-order valence-electron chi connectivity index (χ4n) is 2.20. The van der Waals surface area contributed by atoms with Crippen LogP contribution in [0.15, 0.2) is 18.2 Å². The van der Waals surface area contributed by atoms with Crippen LogP contribution in [0.2, 0.25) is 0 Å². The van der Waals surface area contributed by atoms with E-state index >= 15 is 0 Å². The molecule has 0 bridgehead atoms. The number of benzene rings is 1. The quantitative estimate of drug-likeness (QED) is 0.876. The van der Waals surface area contributed by atoms with Gasteiger partial charge in [-0.25, -0.2) is 0 Å². The zero-order valence-electron chi connectivity index (χ0n) is 11.7. The van der Waals surface area contributed by atoms with E-state index in [9.17, 15) is 5.11 Å². The van der Waals surface area contributed by atoms with E-state index in [1.54, 1.807) is 0 Å². The van der Waals surface area contributed by atoms with Crippen molar-refractivity contribution in [3.8, 4) is 11.5 Å². The summed E-state index contributed by atoms with van der Waals surface area (Å²) in [5, 5.41) is 10.5. The highest BCUT2D eigenvalue weighted by molar-refractivity contribution is 5.44. The Hall–Kier alpha value is -1.26. The van der Waals surface area contributed by atoms with Crippen molar-refractivity contribution < 1.29 is 14.6 Å². The van der Waals surface area contributed by atoms with Gasteiger partial charge < -0.3 is 20.3 Å². The van der Waals surface area contributed by atoms with Crippen LogP contribution in [0.25, 0.3) is 0 Å². The first-order valence-electron chi connectivity index (χ1n) is 6.88. The molecule has 0 amide bonds. The maximum absolute atomic E-state index is 10.5. The summed E-state index contributed by atoms with van der Waals surface area (Å²) in [7, 11) is 0. The Kier molecular flexibility index (Phi) is 4.32. The molecule has 1 heterocycles. The summed E-state index contributed by atoms with van der Waals surface area (Å²) >= 11 is 0. The predicted octanol–water partition coefficient (Wildman–Crippen LogP) is 2.26. The highest BCUT2D eigenvalue weighted by Crippen LogP contribution is 2.39. The van der Waals surface area contributed by atoms with Crippen molar-refractivity contribution in [2.75, 3.05) is 19.8 Å². The molecule has 19 heavy (non-hydrogen) atoms. The van der Waals surface area contributed by atoms with Crippen LogP contribution in [0.5, 0.6) is 11.5 Å². The largest absolute Gasteiger partial charge is 0.490 e. The van der Waals surface area contributed by atoms with Gasteiger partial charge in [-0.2, -0.15) is 0 Å². The van der Waals surface area contributed by atoms with E-state index in [1.165, 1.54) is 0 Å². The van der Waals surface area contributed by atoms with E-state index in [0.29, 0.717) is 25.5 Å². The molecule has 4 heteroatoms. The minimum Gasteiger partial charge on any atom is -0.490 e. The number of rotatable bonds is 4. The van der Waals surface area contributed by atoms with Gasteiger partial charge in [0, 0.05) is 18.4 Å². The summed E-state index contributed by atoms with van der Waals surface area (Å²) in [5.74, 6) is 1.46. The molecule has 0 fully saturated rings. The first-order valence-corrected chi connectivity index (χ1v) is 6.88. The maximum Gasteiger partial charge on any atom is 0.161 e. The number of aliphatic hydroxyl groups is 1. The van der Waals surface area contributed by atoms with Gasteiger partial charge in [-0.05, 0) is 24.1 Å². The number of hydrogen-bond donors (Lipinski definition) is 2. The van der Waals surface area contributed by atoms with Crippen molar-refractivity contribution in [1.82, 2.24) is 0 Å². The molecule has 3 N–H and O–H groups in total. The summed E-state index contributed by atoms with van der Waals surface area (Å²) in [6, 6.07) is 5.63. The lowest BCUT2D eigenvalue weighted by molar-refractivity contribution is 0.0389. The van der Waals surface area contributed by atoms with Crippen molar-refractivity contribution in [3.63, 3.8) is 0 Å². The molecular weight excluding hydrogens is 242 g/mol. The van der Waals surface area contributed by atoms with Crippen LogP contribution in [-0.2, 0) is 0 Å². The van der Waals surface area contributed by atoms with Crippen LogP contribution in [0.1, 0.15) is 38.4 Å². The normalized spacial score (nSPS) is 19.4. The maximum atomic E-state index is 10.5. The number of nitrogens with two attached hydrogens (primary N) is 1. The van der Waals surface area contributed by atoms with Gasteiger partial charge in [0.1, 0.15) is 0 Å². The standard InChI is InChI=1S/C15H23NO3/c1-3-15(2,10-16)14(17)11-5-6-12-13(9-11)19-8-4-7-18-12/h5-6,9,14,17H,3-4,7-8,10,16H2,1-2H3. The minimum absolute atomic E-state index is 0.320. The Morgan fingerprint density at radius 1 is 1.32 bits per heavy atom. The Morgan fingerprint density at radius 2 is 2.00 bits per heavy atom. The second-order valence-corrected chi connectivity index (χ2v) is 5.37. The van der Waals surface area contributed by atoms with E-state index in [0.717, 1.165) is 24.2 Å². The zero-order chi connectivity index (χ0) is 13.9. The molecule has 2 rings (SSSR count). The van der Waals surface area contributed by atoms with Crippen molar-refractivity contribution >= 4 is 0 Å². The lowest BCUT2D eigenvalue weighted by Gasteiger charge is -2.32. The van der Waals surface area contributed by atoms with E-state index in [-0.39, 0.29) is 5.41 Å². The molecule has 0 saturated carbocycles. The molecule has 4 nitrogen and oxygen atoms in total. The van der Waals surface area contributed by atoms with Crippen LogP contribution >= 0.6 is 0 Å². The summed E-state index contributed by atoms with van der Waals surface area (Å²) in [4.78, 5) is 0. The molecule has 0 aromatic heterocycles. The molecule has 106 valence electrons. The van der Waals surface area contributed by atoms with E-state index < -0.39 is 6.10 Å². The number of hydrogen-bond acceptors (Lipinski definition) is 4. The van der Waals surface area contributed by atoms with Gasteiger partial charge in [0.05, 0.1) is 19.3 Å². The van der Waals surface area contributed by atoms with Gasteiger partial charge in [0.15, 0.2) is 11.5 Å². The Bertz CT molecular complexity index is 429. The van der Waals surface area contributed by atoms with Crippen LogP contribution in [-0.4, -0.2) is 24.9 Å². The highest BCUT2D eigenvalue weighted by Gasteiger charge is 2.31. The monoisotopic (exact) mass is 265 g/mol. The van der Waals surface area contributed by atoms with Gasteiger partial charge in [-0.1, -0.05) is 19.9 Å². The van der Waals surface area contributed by atoms with Crippen LogP contribution in [0.3, 0.4) is 0 Å². The average molecular weight is 265 g/mol. The van der Waals surface area contributed by atoms with Crippen molar-refractivity contribution in [2.24, 2.45) is 11.1 Å². The average Bonchev–Trinajstić information content (AvgIpc) is 2.70. The third-order valence-corrected chi connectivity index (χ3v) is 4.02. The first-order chi connectivity index (χ1) is 9.10. The summed E-state index contributed by atoms with van der Waals surface area (Å²) < 4.78 is 11.2. The van der Waals surface area contributed by atoms with Crippen molar-refractivity contribution in [2.45, 2.75) is 32.8 Å². The number of aliphatic hydroxyl groups excluding tert-OH is 1. The molecule has 1 aromatic rings. The molecule has 1 aromatic carbocycles. The Balaban J connectivity index is 2.28. The second kappa shape index (κ2) is 5.80. The van der Waals surface area contributed by atoms with Crippen molar-refractivity contribution in [3.05, 3.63) is 23.8 Å². The third kappa shape index (κ3) is 2.85. The SMILES string of the molecule is CCC(C)(CN)C(O)c1ccc2c(c1)OCCCO2. The van der Waals surface area contributed by atoms with Gasteiger partial charge >= 0.3 is 0 Å². The topological polar surface area (TPSA) is 64.7 Å². The molecule has 0 aliphatic carbocycles. The summed E-state index contributed by atoms with van der Waals surface area (Å²) in [6.07, 6.45) is 1.10. The molecule has 0 spiro atoms. The Labute approximate surface area is 114 Å². The van der Waals surface area contributed by atoms with Gasteiger partial charge in [-0.3, -0.25) is 0 Å². The van der Waals surface area contributed by atoms with Crippen LogP contribution < -0.4 is 15.2 Å². The smallest absolute Gasteiger partial charge is 0.161 e. The predicted molar refractivity (Wildman–Crippen MR) is 74.5 cm³/mol. The number of fused-ring (bicyclic) bond motifs is 1. The molecular formula is C15H23NO3. The van der Waals surface area contributed by atoms with Crippen LogP contribution in [0.4, 0.5) is 0 Å². The van der Waals surface area contributed by atoms with E-state index in [4.69, 9.17) is 15.2 Å². The third-order valence-electron chi connectivity index (χ3n) is 4.02. The molecule has 1 aliphatic heterocycles. The minimum atomic E-state index is -0.598. The lowest BCUT2D eigenvalue weighted by Crippen LogP contribution is -2.33. The van der Waals surface area contributed by atoms with Gasteiger partial charge in [-0.15, -0.1) is 0 Å². The fraction of sp³-hybridized carbons (Fsp3) is 0.600. The summed E-state index contributed by atoms with van der Waals surface area (Å²) in [6.45, 7) is 5.80. The highest BCUT2D eigenvalue weighted by atomic mass is 16.5. The van der Waals surface area contributed by atoms with Gasteiger partial charge in [0.2, 0.25) is 0 Å². The van der Waals surface area contributed by atoms with E-state index in [2.05, 4.69) is 0 Å². The molecule has 1 aliphatic rings. The zero-order valence-corrected chi connectivity index (χ0v) is 11.7. The molecule has 2 unspecified atom stereocenters. The van der Waals surface area contributed by atoms with Crippen LogP contribution in [0, 0.1) is 5.41 Å².